The Morgan fingerprint density at radius 1 is 1.06 bits per heavy atom. The van der Waals surface area contributed by atoms with Crippen LogP contribution in [0.4, 0.5) is 11.4 Å². The summed E-state index contributed by atoms with van der Waals surface area (Å²) in [5.74, 6) is 0.455. The summed E-state index contributed by atoms with van der Waals surface area (Å²) in [6.07, 6.45) is 1.05. The van der Waals surface area contributed by atoms with Gasteiger partial charge in [-0.1, -0.05) is 30.3 Å². The lowest BCUT2D eigenvalue weighted by Crippen LogP contribution is -2.30. The van der Waals surface area contributed by atoms with Gasteiger partial charge in [-0.25, -0.2) is 8.42 Å². The molecule has 0 spiro atoms. The molecular formula is C25H27N3O6S. The van der Waals surface area contributed by atoms with Crippen LogP contribution in [0.3, 0.4) is 0 Å². The van der Waals surface area contributed by atoms with Gasteiger partial charge in [0.05, 0.1) is 35.5 Å². The predicted octanol–water partition coefficient (Wildman–Crippen LogP) is 3.99. The molecule has 3 rings (SSSR count). The van der Waals surface area contributed by atoms with Crippen LogP contribution in [-0.2, 0) is 16.6 Å². The van der Waals surface area contributed by atoms with Crippen LogP contribution in [0.1, 0.15) is 27.0 Å². The maximum absolute atomic E-state index is 12.5. The average molecular weight is 498 g/mol. The Balaban J connectivity index is 1.65. The first-order valence-corrected chi connectivity index (χ1v) is 12.7. The lowest BCUT2D eigenvalue weighted by Gasteiger charge is -2.24. The SMILES string of the molecule is Cc1cccc(OCCNC(=O)c2ccc(CN(c3cccc([N+](=O)[O-])c3C)S(C)(=O)=O)cc2)c1. The highest BCUT2D eigenvalue weighted by molar-refractivity contribution is 7.92. The molecule has 3 aromatic carbocycles. The van der Waals surface area contributed by atoms with Crippen LogP contribution in [0, 0.1) is 24.0 Å². The minimum absolute atomic E-state index is 0.0347. The smallest absolute Gasteiger partial charge is 0.274 e. The largest absolute Gasteiger partial charge is 0.492 e. The number of rotatable bonds is 10. The molecule has 184 valence electrons. The number of anilines is 1. The van der Waals surface area contributed by atoms with Crippen LogP contribution in [0.2, 0.25) is 0 Å². The summed E-state index contributed by atoms with van der Waals surface area (Å²) in [5, 5.41) is 14.1. The monoisotopic (exact) mass is 497 g/mol. The molecule has 0 fully saturated rings. The molecule has 0 aliphatic rings. The fraction of sp³-hybridized carbons (Fsp3) is 0.240. The highest BCUT2D eigenvalue weighted by atomic mass is 32.2. The van der Waals surface area contributed by atoms with E-state index in [0.717, 1.165) is 21.9 Å². The van der Waals surface area contributed by atoms with Crippen LogP contribution in [0.5, 0.6) is 5.75 Å². The second kappa shape index (κ2) is 11.0. The van der Waals surface area contributed by atoms with E-state index in [9.17, 15) is 23.3 Å². The molecule has 3 aromatic rings. The van der Waals surface area contributed by atoms with Gasteiger partial charge in [0.1, 0.15) is 12.4 Å². The fourth-order valence-electron chi connectivity index (χ4n) is 3.53. The Kier molecular flexibility index (Phi) is 8.08. The first-order valence-electron chi connectivity index (χ1n) is 10.8. The first kappa shape index (κ1) is 25.7. The Bertz CT molecular complexity index is 1320. The summed E-state index contributed by atoms with van der Waals surface area (Å²) >= 11 is 0. The van der Waals surface area contributed by atoms with Gasteiger partial charge in [0.2, 0.25) is 10.0 Å². The van der Waals surface area contributed by atoms with E-state index in [1.54, 1.807) is 24.3 Å². The number of aryl methyl sites for hydroxylation is 1. The van der Waals surface area contributed by atoms with Crippen molar-refractivity contribution < 1.29 is 22.9 Å². The number of benzene rings is 3. The molecule has 0 heterocycles. The minimum Gasteiger partial charge on any atom is -0.492 e. The Hall–Kier alpha value is -3.92. The number of nitro benzene ring substituents is 1. The van der Waals surface area contributed by atoms with E-state index in [2.05, 4.69) is 5.32 Å². The summed E-state index contributed by atoms with van der Waals surface area (Å²) in [6.45, 7) is 4.09. The number of sulfonamides is 1. The topological polar surface area (TPSA) is 119 Å². The number of hydrogen-bond acceptors (Lipinski definition) is 6. The zero-order valence-corrected chi connectivity index (χ0v) is 20.5. The second-order valence-electron chi connectivity index (χ2n) is 8.07. The molecule has 10 heteroatoms. The van der Waals surface area contributed by atoms with Crippen molar-refractivity contribution in [2.45, 2.75) is 20.4 Å². The molecule has 0 radical (unpaired) electrons. The molecule has 9 nitrogen and oxygen atoms in total. The second-order valence-corrected chi connectivity index (χ2v) is 9.97. The van der Waals surface area contributed by atoms with Gasteiger partial charge in [-0.05, 0) is 55.3 Å². The van der Waals surface area contributed by atoms with E-state index in [1.165, 1.54) is 25.1 Å². The van der Waals surface area contributed by atoms with E-state index in [1.807, 2.05) is 31.2 Å². The van der Waals surface area contributed by atoms with Crippen molar-refractivity contribution >= 4 is 27.3 Å². The molecule has 0 aromatic heterocycles. The molecule has 1 N–H and O–H groups in total. The third-order valence-electron chi connectivity index (χ3n) is 5.33. The quantitative estimate of drug-likeness (QED) is 0.257. The number of nitrogens with zero attached hydrogens (tertiary/aromatic N) is 2. The third kappa shape index (κ3) is 6.80. The number of amides is 1. The standard InChI is InChI=1S/C25H27N3O6S/c1-18-6-4-7-22(16-18)34-15-14-26-25(29)21-12-10-20(11-13-21)17-27(35(3,32)33)23-8-5-9-24(19(23)2)28(30)31/h4-13,16H,14-15,17H2,1-3H3,(H,26,29). The van der Waals surface area contributed by atoms with Gasteiger partial charge in [-0.3, -0.25) is 19.2 Å². The molecule has 0 aliphatic carbocycles. The maximum Gasteiger partial charge on any atom is 0.274 e. The third-order valence-corrected chi connectivity index (χ3v) is 6.46. The van der Waals surface area contributed by atoms with Gasteiger partial charge in [0.15, 0.2) is 0 Å². The van der Waals surface area contributed by atoms with Crippen molar-refractivity contribution in [3.05, 3.63) is 99.1 Å². The molecule has 35 heavy (non-hydrogen) atoms. The van der Waals surface area contributed by atoms with E-state index < -0.39 is 14.9 Å². The zero-order valence-electron chi connectivity index (χ0n) is 19.7. The number of carbonyl (C=O) groups excluding carboxylic acids is 1. The van der Waals surface area contributed by atoms with Crippen LogP contribution in [0.15, 0.2) is 66.7 Å². The highest BCUT2D eigenvalue weighted by Gasteiger charge is 2.24. The van der Waals surface area contributed by atoms with Crippen molar-refractivity contribution in [2.24, 2.45) is 0 Å². The number of nitrogens with one attached hydrogen (secondary N) is 1. The molecule has 0 saturated heterocycles. The summed E-state index contributed by atoms with van der Waals surface area (Å²) in [5.41, 5.74) is 2.46. The normalized spacial score (nSPS) is 11.1. The van der Waals surface area contributed by atoms with Crippen molar-refractivity contribution in [1.29, 1.82) is 0 Å². The van der Waals surface area contributed by atoms with Crippen LogP contribution in [0.25, 0.3) is 0 Å². The lowest BCUT2D eigenvalue weighted by molar-refractivity contribution is -0.385. The van der Waals surface area contributed by atoms with Gasteiger partial charge in [0, 0.05) is 11.6 Å². The minimum atomic E-state index is -3.73. The molecule has 0 atom stereocenters. The van der Waals surface area contributed by atoms with Crippen molar-refractivity contribution in [2.75, 3.05) is 23.7 Å². The lowest BCUT2D eigenvalue weighted by atomic mass is 10.1. The molecular weight excluding hydrogens is 470 g/mol. The molecule has 0 aliphatic heterocycles. The van der Waals surface area contributed by atoms with Gasteiger partial charge < -0.3 is 10.1 Å². The van der Waals surface area contributed by atoms with E-state index in [4.69, 9.17) is 4.74 Å². The summed E-state index contributed by atoms with van der Waals surface area (Å²) in [4.78, 5) is 23.2. The van der Waals surface area contributed by atoms with E-state index in [-0.39, 0.29) is 29.4 Å². The van der Waals surface area contributed by atoms with Gasteiger partial charge >= 0.3 is 0 Å². The fourth-order valence-corrected chi connectivity index (χ4v) is 4.47. The summed E-state index contributed by atoms with van der Waals surface area (Å²) in [7, 11) is -3.73. The van der Waals surface area contributed by atoms with Crippen LogP contribution >= 0.6 is 0 Å². The van der Waals surface area contributed by atoms with E-state index in [0.29, 0.717) is 24.3 Å². The molecule has 0 saturated carbocycles. The summed E-state index contributed by atoms with van der Waals surface area (Å²) < 4.78 is 31.7. The number of hydrogen-bond donors (Lipinski definition) is 1. The maximum atomic E-state index is 12.5. The van der Waals surface area contributed by atoms with Crippen LogP contribution < -0.4 is 14.4 Å². The van der Waals surface area contributed by atoms with Gasteiger partial charge in [-0.15, -0.1) is 0 Å². The van der Waals surface area contributed by atoms with Crippen LogP contribution in [-0.4, -0.2) is 38.7 Å². The van der Waals surface area contributed by atoms with Gasteiger partial charge in [0.25, 0.3) is 11.6 Å². The molecule has 0 bridgehead atoms. The Morgan fingerprint density at radius 2 is 1.74 bits per heavy atom. The number of nitro groups is 1. The van der Waals surface area contributed by atoms with E-state index >= 15 is 0 Å². The number of ether oxygens (including phenoxy) is 1. The zero-order chi connectivity index (χ0) is 25.6. The summed E-state index contributed by atoms with van der Waals surface area (Å²) in [6, 6.07) is 18.5. The van der Waals surface area contributed by atoms with Gasteiger partial charge in [-0.2, -0.15) is 0 Å². The Morgan fingerprint density at radius 3 is 2.37 bits per heavy atom. The Labute approximate surface area is 204 Å². The average Bonchev–Trinajstić information content (AvgIpc) is 2.80. The first-order chi connectivity index (χ1) is 16.6. The van der Waals surface area contributed by atoms with Crippen molar-refractivity contribution in [3.63, 3.8) is 0 Å². The molecule has 1 amide bonds. The molecule has 0 unspecified atom stereocenters. The van der Waals surface area contributed by atoms with Crippen molar-refractivity contribution in [3.8, 4) is 5.75 Å². The predicted molar refractivity (Wildman–Crippen MR) is 134 cm³/mol. The van der Waals surface area contributed by atoms with Crippen molar-refractivity contribution in [1.82, 2.24) is 5.32 Å². The highest BCUT2D eigenvalue weighted by Crippen LogP contribution is 2.31. The number of carbonyl (C=O) groups is 1.